The van der Waals surface area contributed by atoms with Crippen LogP contribution in [0.15, 0.2) is 30.3 Å². The quantitative estimate of drug-likeness (QED) is 0.849. The first-order valence-corrected chi connectivity index (χ1v) is 6.62. The number of nitrogens with two attached hydrogens (primary N) is 1. The Balaban J connectivity index is 1.96. The molecule has 1 aliphatic heterocycles. The molecule has 0 spiro atoms. The van der Waals surface area contributed by atoms with Crippen molar-refractivity contribution in [3.8, 4) is 0 Å². The summed E-state index contributed by atoms with van der Waals surface area (Å²) in [6.07, 6.45) is 1.69. The molecule has 1 heterocycles. The zero-order valence-corrected chi connectivity index (χ0v) is 11.2. The summed E-state index contributed by atoms with van der Waals surface area (Å²) in [4.78, 5) is 1.76. The largest absolute Gasteiger partial charge is 0.297 e. The van der Waals surface area contributed by atoms with Crippen LogP contribution in [0.1, 0.15) is 18.4 Å². The summed E-state index contributed by atoms with van der Waals surface area (Å²) < 4.78 is 28.3. The molecule has 0 saturated carbocycles. The van der Waals surface area contributed by atoms with E-state index in [0.29, 0.717) is 0 Å². The zero-order chi connectivity index (χ0) is 13.9. The Morgan fingerprint density at radius 3 is 2.42 bits per heavy atom. The van der Waals surface area contributed by atoms with E-state index in [9.17, 15) is 8.78 Å². The van der Waals surface area contributed by atoms with Crippen LogP contribution in [0, 0.1) is 0 Å². The highest BCUT2D eigenvalue weighted by Gasteiger charge is 2.35. The summed E-state index contributed by atoms with van der Waals surface area (Å²) in [6.45, 7) is 1.30. The fraction of sp³-hybridized carbons (Fsp3) is 0.571. The van der Waals surface area contributed by atoms with E-state index >= 15 is 0 Å². The molecule has 5 heteroatoms. The monoisotopic (exact) mass is 269 g/mol. The molecule has 2 rings (SSSR count). The molecule has 0 radical (unpaired) electrons. The standard InChI is InChI=1S/C14H21F2N3/c1-18(13-7-9-19(17)10-8-13)11-14(15,16)12-5-3-2-4-6-12/h2-6,13H,7-11,17H2,1H3. The van der Waals surface area contributed by atoms with Crippen molar-refractivity contribution < 1.29 is 8.78 Å². The second-order valence-electron chi connectivity index (χ2n) is 5.25. The van der Waals surface area contributed by atoms with Gasteiger partial charge in [0.25, 0.3) is 5.92 Å². The van der Waals surface area contributed by atoms with Crippen molar-refractivity contribution in [2.45, 2.75) is 24.8 Å². The highest BCUT2D eigenvalue weighted by Crippen LogP contribution is 2.29. The van der Waals surface area contributed by atoms with E-state index in [-0.39, 0.29) is 18.2 Å². The van der Waals surface area contributed by atoms with Crippen LogP contribution in [0.25, 0.3) is 0 Å². The maximum atomic E-state index is 14.2. The van der Waals surface area contributed by atoms with Crippen molar-refractivity contribution in [1.82, 2.24) is 9.91 Å². The molecule has 106 valence electrons. The van der Waals surface area contributed by atoms with Crippen LogP contribution in [0.3, 0.4) is 0 Å². The lowest BCUT2D eigenvalue weighted by Gasteiger charge is -2.36. The summed E-state index contributed by atoms with van der Waals surface area (Å²) in [5, 5.41) is 1.75. The van der Waals surface area contributed by atoms with Crippen LogP contribution in [0.2, 0.25) is 0 Å². The van der Waals surface area contributed by atoms with Crippen LogP contribution < -0.4 is 5.84 Å². The molecule has 0 atom stereocenters. The molecular weight excluding hydrogens is 248 g/mol. The van der Waals surface area contributed by atoms with E-state index in [0.717, 1.165) is 25.9 Å². The second kappa shape index (κ2) is 5.94. The zero-order valence-electron chi connectivity index (χ0n) is 11.2. The second-order valence-corrected chi connectivity index (χ2v) is 5.25. The third-order valence-electron chi connectivity index (χ3n) is 3.77. The molecule has 1 fully saturated rings. The average Bonchev–Trinajstić information content (AvgIpc) is 2.40. The van der Waals surface area contributed by atoms with Crippen LogP contribution >= 0.6 is 0 Å². The summed E-state index contributed by atoms with van der Waals surface area (Å²) in [5.41, 5.74) is 0.0816. The van der Waals surface area contributed by atoms with Gasteiger partial charge in [-0.15, -0.1) is 0 Å². The molecule has 0 amide bonds. The predicted octanol–water partition coefficient (Wildman–Crippen LogP) is 2.05. The molecule has 2 N–H and O–H groups in total. The molecule has 0 unspecified atom stereocenters. The lowest BCUT2D eigenvalue weighted by atomic mass is 10.0. The van der Waals surface area contributed by atoms with E-state index in [2.05, 4.69) is 0 Å². The van der Waals surface area contributed by atoms with Crippen molar-refractivity contribution in [1.29, 1.82) is 0 Å². The highest BCUT2D eigenvalue weighted by molar-refractivity contribution is 5.20. The summed E-state index contributed by atoms with van der Waals surface area (Å²) in [7, 11) is 1.77. The first-order valence-electron chi connectivity index (χ1n) is 6.62. The van der Waals surface area contributed by atoms with E-state index in [1.807, 2.05) is 0 Å². The maximum absolute atomic E-state index is 14.2. The number of benzene rings is 1. The number of halogens is 2. The van der Waals surface area contributed by atoms with Gasteiger partial charge in [0.15, 0.2) is 0 Å². The van der Waals surface area contributed by atoms with Gasteiger partial charge in [0.1, 0.15) is 0 Å². The lowest BCUT2D eigenvalue weighted by molar-refractivity contribution is -0.0466. The number of hydrazine groups is 1. The third-order valence-corrected chi connectivity index (χ3v) is 3.77. The summed E-state index contributed by atoms with van der Waals surface area (Å²) >= 11 is 0. The number of rotatable bonds is 4. The van der Waals surface area contributed by atoms with E-state index in [1.165, 1.54) is 12.1 Å². The average molecular weight is 269 g/mol. The highest BCUT2D eigenvalue weighted by atomic mass is 19.3. The van der Waals surface area contributed by atoms with Crippen molar-refractivity contribution >= 4 is 0 Å². The third kappa shape index (κ3) is 3.72. The molecule has 1 aromatic carbocycles. The van der Waals surface area contributed by atoms with E-state index < -0.39 is 5.92 Å². The van der Waals surface area contributed by atoms with Crippen molar-refractivity contribution in [3.63, 3.8) is 0 Å². The Labute approximate surface area is 113 Å². The minimum atomic E-state index is -2.81. The van der Waals surface area contributed by atoms with Gasteiger partial charge in [0.05, 0.1) is 6.54 Å². The normalized spacial score (nSPS) is 19.0. The SMILES string of the molecule is CN(CC(F)(F)c1ccccc1)C1CCN(N)CC1. The maximum Gasteiger partial charge on any atom is 0.285 e. The van der Waals surface area contributed by atoms with E-state index in [4.69, 9.17) is 5.84 Å². The van der Waals surface area contributed by atoms with Crippen molar-refractivity contribution in [3.05, 3.63) is 35.9 Å². The Kier molecular flexibility index (Phi) is 4.50. The van der Waals surface area contributed by atoms with E-state index in [1.54, 1.807) is 35.2 Å². The van der Waals surface area contributed by atoms with Gasteiger partial charge in [-0.25, -0.2) is 5.01 Å². The molecule has 1 aliphatic rings. The number of piperidine rings is 1. The van der Waals surface area contributed by atoms with Crippen molar-refractivity contribution in [2.24, 2.45) is 5.84 Å². The lowest BCUT2D eigenvalue weighted by Crippen LogP contribution is -2.48. The van der Waals surface area contributed by atoms with Gasteiger partial charge in [-0.3, -0.25) is 10.7 Å². The molecule has 0 bridgehead atoms. The molecule has 1 saturated heterocycles. The fourth-order valence-electron chi connectivity index (χ4n) is 2.54. The Morgan fingerprint density at radius 2 is 1.84 bits per heavy atom. The predicted molar refractivity (Wildman–Crippen MR) is 71.7 cm³/mol. The first-order chi connectivity index (χ1) is 8.99. The molecular formula is C14H21F2N3. The van der Waals surface area contributed by atoms with Crippen LogP contribution in [0.5, 0.6) is 0 Å². The summed E-state index contributed by atoms with van der Waals surface area (Å²) in [6, 6.07) is 8.20. The molecule has 0 aliphatic carbocycles. The Morgan fingerprint density at radius 1 is 1.26 bits per heavy atom. The number of hydrogen-bond acceptors (Lipinski definition) is 3. The molecule has 3 nitrogen and oxygen atoms in total. The first kappa shape index (κ1) is 14.4. The smallest absolute Gasteiger partial charge is 0.285 e. The van der Waals surface area contributed by atoms with Gasteiger partial charge in [-0.05, 0) is 19.9 Å². The van der Waals surface area contributed by atoms with Crippen molar-refractivity contribution in [2.75, 3.05) is 26.7 Å². The molecule has 19 heavy (non-hydrogen) atoms. The van der Waals surface area contributed by atoms with Gasteiger partial charge in [0.2, 0.25) is 0 Å². The van der Waals surface area contributed by atoms with Crippen LogP contribution in [0.4, 0.5) is 8.78 Å². The number of likely N-dealkylation sites (N-methyl/N-ethyl adjacent to an activating group) is 1. The molecule has 1 aromatic rings. The van der Waals surface area contributed by atoms with Gasteiger partial charge >= 0.3 is 0 Å². The van der Waals surface area contributed by atoms with Gasteiger partial charge in [0, 0.05) is 24.7 Å². The fourth-order valence-corrected chi connectivity index (χ4v) is 2.54. The number of alkyl halides is 2. The topological polar surface area (TPSA) is 32.5 Å². The minimum absolute atomic E-state index is 0.0816. The van der Waals surface area contributed by atoms with Crippen LogP contribution in [-0.4, -0.2) is 42.6 Å². The number of nitrogens with zero attached hydrogens (tertiary/aromatic N) is 2. The Bertz CT molecular complexity index is 389. The van der Waals surface area contributed by atoms with Gasteiger partial charge < -0.3 is 0 Å². The Hall–Kier alpha value is -1.04. The van der Waals surface area contributed by atoms with Crippen LogP contribution in [-0.2, 0) is 5.92 Å². The number of hydrogen-bond donors (Lipinski definition) is 1. The van der Waals surface area contributed by atoms with Gasteiger partial charge in [-0.2, -0.15) is 8.78 Å². The summed E-state index contributed by atoms with van der Waals surface area (Å²) in [5.74, 6) is 2.87. The molecule has 0 aromatic heterocycles. The minimum Gasteiger partial charge on any atom is -0.297 e. The van der Waals surface area contributed by atoms with Gasteiger partial charge in [-0.1, -0.05) is 30.3 Å².